The second kappa shape index (κ2) is 8.20. The molecule has 1 atom stereocenters. The number of halogens is 2. The largest absolute Gasteiger partial charge is 0.503 e. The standard InChI is InChI=1S/C25H21BrFNO4/c26-16-8-11-19-15(12-16)13-20(32-19)23(29)21-22(14-6-9-17(27)10-7-14)28(25(31)24(21)30)18-4-2-1-3-5-18/h6-13,18,22,30H,1-5H2. The quantitative estimate of drug-likeness (QED) is 0.432. The first-order valence-corrected chi connectivity index (χ1v) is 11.5. The van der Waals surface area contributed by atoms with Gasteiger partial charge in [0.05, 0.1) is 11.6 Å². The van der Waals surface area contributed by atoms with Gasteiger partial charge >= 0.3 is 0 Å². The molecule has 1 N–H and O–H groups in total. The van der Waals surface area contributed by atoms with E-state index in [1.54, 1.807) is 29.2 Å². The molecule has 32 heavy (non-hydrogen) atoms. The Labute approximate surface area is 192 Å². The van der Waals surface area contributed by atoms with Gasteiger partial charge in [0.2, 0.25) is 5.78 Å². The smallest absolute Gasteiger partial charge is 0.290 e. The van der Waals surface area contributed by atoms with Crippen molar-refractivity contribution in [3.8, 4) is 0 Å². The number of amides is 1. The summed E-state index contributed by atoms with van der Waals surface area (Å²) in [5.41, 5.74) is 1.09. The molecule has 164 valence electrons. The molecular weight excluding hydrogens is 477 g/mol. The lowest BCUT2D eigenvalue weighted by Crippen LogP contribution is -2.41. The Bertz CT molecular complexity index is 1240. The van der Waals surface area contributed by atoms with Crippen LogP contribution in [0.1, 0.15) is 54.3 Å². The third kappa shape index (κ3) is 3.54. The van der Waals surface area contributed by atoms with E-state index in [9.17, 15) is 19.1 Å². The molecular formula is C25H21BrFNO4. The Morgan fingerprint density at radius 2 is 1.78 bits per heavy atom. The number of carbonyl (C=O) groups is 2. The zero-order valence-corrected chi connectivity index (χ0v) is 18.8. The molecule has 1 unspecified atom stereocenters. The molecule has 0 radical (unpaired) electrons. The molecule has 0 spiro atoms. The fourth-order valence-corrected chi connectivity index (χ4v) is 5.20. The van der Waals surface area contributed by atoms with E-state index in [1.807, 2.05) is 12.1 Å². The summed E-state index contributed by atoms with van der Waals surface area (Å²) in [6.07, 6.45) is 4.66. The van der Waals surface area contributed by atoms with E-state index in [2.05, 4.69) is 15.9 Å². The van der Waals surface area contributed by atoms with Crippen LogP contribution in [0.25, 0.3) is 11.0 Å². The van der Waals surface area contributed by atoms with Crippen LogP contribution in [0.4, 0.5) is 4.39 Å². The fraction of sp³-hybridized carbons (Fsp3) is 0.280. The molecule has 2 aliphatic rings. The molecule has 0 bridgehead atoms. The van der Waals surface area contributed by atoms with Crippen LogP contribution in [0.15, 0.2) is 68.8 Å². The minimum absolute atomic E-state index is 0.0229. The van der Waals surface area contributed by atoms with Gasteiger partial charge in [0.25, 0.3) is 5.91 Å². The summed E-state index contributed by atoms with van der Waals surface area (Å²) in [5, 5.41) is 11.6. The van der Waals surface area contributed by atoms with Crippen molar-refractivity contribution in [2.24, 2.45) is 0 Å². The minimum Gasteiger partial charge on any atom is -0.503 e. The predicted octanol–water partition coefficient (Wildman–Crippen LogP) is 6.25. The van der Waals surface area contributed by atoms with Crippen LogP contribution in [0.3, 0.4) is 0 Å². The van der Waals surface area contributed by atoms with E-state index in [0.717, 1.165) is 42.0 Å². The summed E-state index contributed by atoms with van der Waals surface area (Å²) in [7, 11) is 0. The maximum atomic E-state index is 13.6. The number of aliphatic hydroxyl groups excluding tert-OH is 1. The SMILES string of the molecule is O=C(C1=C(O)C(=O)N(C2CCCCC2)C1c1ccc(F)cc1)c1cc2cc(Br)ccc2o1. The number of rotatable bonds is 4. The van der Waals surface area contributed by atoms with Crippen LogP contribution < -0.4 is 0 Å². The maximum absolute atomic E-state index is 13.6. The Hall–Kier alpha value is -2.93. The van der Waals surface area contributed by atoms with Gasteiger partial charge in [-0.05, 0) is 54.8 Å². The molecule has 2 heterocycles. The number of ketones is 1. The lowest BCUT2D eigenvalue weighted by molar-refractivity contribution is -0.132. The lowest BCUT2D eigenvalue weighted by atomic mass is 9.90. The number of fused-ring (bicyclic) bond motifs is 1. The lowest BCUT2D eigenvalue weighted by Gasteiger charge is -2.36. The van der Waals surface area contributed by atoms with Gasteiger partial charge in [-0.3, -0.25) is 9.59 Å². The number of Topliss-reactive ketones (excluding diaryl/α,β-unsaturated/α-hetero) is 1. The zero-order chi connectivity index (χ0) is 22.4. The van der Waals surface area contributed by atoms with Crippen LogP contribution in [0.5, 0.6) is 0 Å². The van der Waals surface area contributed by atoms with Crippen molar-refractivity contribution in [3.63, 3.8) is 0 Å². The number of hydrogen-bond acceptors (Lipinski definition) is 4. The van der Waals surface area contributed by atoms with Gasteiger partial charge in [0, 0.05) is 15.9 Å². The molecule has 1 aliphatic carbocycles. The van der Waals surface area contributed by atoms with Crippen LogP contribution in [0.2, 0.25) is 0 Å². The number of furan rings is 1. The number of hydrogen-bond donors (Lipinski definition) is 1. The molecule has 0 saturated heterocycles. The third-order valence-corrected chi connectivity index (χ3v) is 6.84. The van der Waals surface area contributed by atoms with E-state index in [1.165, 1.54) is 12.1 Å². The van der Waals surface area contributed by atoms with Gasteiger partial charge in [-0.15, -0.1) is 0 Å². The number of carbonyl (C=O) groups excluding carboxylic acids is 2. The predicted molar refractivity (Wildman–Crippen MR) is 121 cm³/mol. The van der Waals surface area contributed by atoms with E-state index >= 15 is 0 Å². The van der Waals surface area contributed by atoms with Gasteiger partial charge in [-0.25, -0.2) is 4.39 Å². The highest BCUT2D eigenvalue weighted by Gasteiger charge is 2.47. The normalized spacial score (nSPS) is 19.9. The molecule has 7 heteroatoms. The summed E-state index contributed by atoms with van der Waals surface area (Å²) in [6, 6.07) is 11.8. The van der Waals surface area contributed by atoms with Crippen molar-refractivity contribution in [1.82, 2.24) is 4.90 Å². The molecule has 2 aromatic carbocycles. The van der Waals surface area contributed by atoms with Crippen molar-refractivity contribution in [3.05, 3.63) is 81.5 Å². The Morgan fingerprint density at radius 3 is 2.50 bits per heavy atom. The van der Waals surface area contributed by atoms with Crippen LogP contribution in [0, 0.1) is 5.82 Å². The molecule has 1 aromatic heterocycles. The molecule has 5 rings (SSSR count). The van der Waals surface area contributed by atoms with E-state index in [4.69, 9.17) is 4.42 Å². The van der Waals surface area contributed by atoms with Crippen LogP contribution in [-0.4, -0.2) is 27.7 Å². The number of benzene rings is 2. The summed E-state index contributed by atoms with van der Waals surface area (Å²) < 4.78 is 20.2. The van der Waals surface area contributed by atoms with Crippen molar-refractivity contribution in [1.29, 1.82) is 0 Å². The first-order valence-electron chi connectivity index (χ1n) is 10.7. The van der Waals surface area contributed by atoms with E-state index < -0.39 is 29.3 Å². The summed E-state index contributed by atoms with van der Waals surface area (Å²) in [5.74, 6) is -2.03. The monoisotopic (exact) mass is 497 g/mol. The summed E-state index contributed by atoms with van der Waals surface area (Å²) in [4.78, 5) is 28.3. The highest BCUT2D eigenvalue weighted by atomic mass is 79.9. The average Bonchev–Trinajstić information content (AvgIpc) is 3.33. The van der Waals surface area contributed by atoms with Crippen LogP contribution in [-0.2, 0) is 4.79 Å². The summed E-state index contributed by atoms with van der Waals surface area (Å²) in [6.45, 7) is 0. The van der Waals surface area contributed by atoms with Crippen molar-refractivity contribution >= 4 is 38.6 Å². The van der Waals surface area contributed by atoms with Crippen molar-refractivity contribution < 1.29 is 23.5 Å². The van der Waals surface area contributed by atoms with Crippen LogP contribution >= 0.6 is 15.9 Å². The number of nitrogens with zero attached hydrogens (tertiary/aromatic N) is 1. The highest BCUT2D eigenvalue weighted by molar-refractivity contribution is 9.10. The molecule has 1 aliphatic heterocycles. The summed E-state index contributed by atoms with van der Waals surface area (Å²) >= 11 is 3.40. The fourth-order valence-electron chi connectivity index (χ4n) is 4.82. The number of aliphatic hydroxyl groups is 1. The maximum Gasteiger partial charge on any atom is 0.290 e. The molecule has 1 saturated carbocycles. The highest BCUT2D eigenvalue weighted by Crippen LogP contribution is 2.43. The van der Waals surface area contributed by atoms with Gasteiger partial charge in [-0.1, -0.05) is 47.3 Å². The van der Waals surface area contributed by atoms with Crippen molar-refractivity contribution in [2.45, 2.75) is 44.2 Å². The Kier molecular flexibility index (Phi) is 5.37. The van der Waals surface area contributed by atoms with Gasteiger partial charge in [0.1, 0.15) is 11.4 Å². The molecule has 3 aromatic rings. The second-order valence-electron chi connectivity index (χ2n) is 8.34. The Balaban J connectivity index is 1.60. The average molecular weight is 498 g/mol. The van der Waals surface area contributed by atoms with E-state index in [-0.39, 0.29) is 17.4 Å². The second-order valence-corrected chi connectivity index (χ2v) is 9.26. The molecule has 1 fully saturated rings. The van der Waals surface area contributed by atoms with Gasteiger partial charge in [0.15, 0.2) is 11.5 Å². The first-order chi connectivity index (χ1) is 15.4. The molecule has 5 nitrogen and oxygen atoms in total. The van der Waals surface area contributed by atoms with E-state index in [0.29, 0.717) is 11.1 Å². The topological polar surface area (TPSA) is 70.8 Å². The van der Waals surface area contributed by atoms with Crippen molar-refractivity contribution in [2.75, 3.05) is 0 Å². The zero-order valence-electron chi connectivity index (χ0n) is 17.2. The molecule has 1 amide bonds. The van der Waals surface area contributed by atoms with Gasteiger partial charge in [-0.2, -0.15) is 0 Å². The van der Waals surface area contributed by atoms with Gasteiger partial charge < -0.3 is 14.4 Å². The first kappa shape index (κ1) is 20.9. The Morgan fingerprint density at radius 1 is 1.06 bits per heavy atom. The minimum atomic E-state index is -0.793. The third-order valence-electron chi connectivity index (χ3n) is 6.34.